The normalized spacial score (nSPS) is 15.8. The molecule has 0 saturated heterocycles. The van der Waals surface area contributed by atoms with Crippen LogP contribution in [0.25, 0.3) is 0 Å². The van der Waals surface area contributed by atoms with Crippen LogP contribution in [-0.4, -0.2) is 13.7 Å². The van der Waals surface area contributed by atoms with Crippen molar-refractivity contribution in [2.75, 3.05) is 13.7 Å². The van der Waals surface area contributed by atoms with Gasteiger partial charge >= 0.3 is 0 Å². The number of rotatable bonds is 3. The van der Waals surface area contributed by atoms with Gasteiger partial charge in [-0.3, -0.25) is 0 Å². The molecule has 3 rings (SSSR count). The summed E-state index contributed by atoms with van der Waals surface area (Å²) in [6.07, 6.45) is -0.399. The van der Waals surface area contributed by atoms with Crippen LogP contribution >= 0.6 is 0 Å². The van der Waals surface area contributed by atoms with Gasteiger partial charge in [-0.2, -0.15) is 5.26 Å². The maximum atomic E-state index is 13.6. The summed E-state index contributed by atoms with van der Waals surface area (Å²) in [6, 6.07) is 11.6. The average Bonchev–Trinajstić information content (AvgIpc) is 2.91. The second-order valence-electron chi connectivity index (χ2n) is 4.52. The summed E-state index contributed by atoms with van der Waals surface area (Å²) in [6.45, 7) is 0.289. The van der Waals surface area contributed by atoms with Gasteiger partial charge in [0.1, 0.15) is 29.8 Å². The summed E-state index contributed by atoms with van der Waals surface area (Å²) in [5, 5.41) is 9.03. The quantitative estimate of drug-likeness (QED) is 0.869. The monoisotopic (exact) mass is 285 g/mol. The molecule has 1 atom stereocenters. The fraction of sp³-hybridized carbons (Fsp3) is 0.188. The number of para-hydroxylation sites is 1. The molecule has 0 fully saturated rings. The van der Waals surface area contributed by atoms with Crippen molar-refractivity contribution in [1.82, 2.24) is 0 Å². The van der Waals surface area contributed by atoms with Gasteiger partial charge in [0.25, 0.3) is 0 Å². The van der Waals surface area contributed by atoms with E-state index in [1.165, 1.54) is 12.1 Å². The van der Waals surface area contributed by atoms with E-state index >= 15 is 0 Å². The smallest absolute Gasteiger partial charge is 0.168 e. The number of hydrogen-bond acceptors (Lipinski definition) is 4. The Balaban J connectivity index is 1.94. The van der Waals surface area contributed by atoms with Crippen LogP contribution in [0.5, 0.6) is 17.2 Å². The fourth-order valence-electron chi connectivity index (χ4n) is 2.31. The molecule has 0 amide bonds. The molecule has 4 nitrogen and oxygen atoms in total. The highest BCUT2D eigenvalue weighted by molar-refractivity contribution is 5.51. The van der Waals surface area contributed by atoms with Gasteiger partial charge in [-0.05, 0) is 18.2 Å². The van der Waals surface area contributed by atoms with Crippen LogP contribution < -0.4 is 14.2 Å². The zero-order valence-electron chi connectivity index (χ0n) is 11.3. The van der Waals surface area contributed by atoms with E-state index in [-0.39, 0.29) is 17.9 Å². The molecule has 106 valence electrons. The summed E-state index contributed by atoms with van der Waals surface area (Å²) in [5.74, 6) is 0.861. The Bertz CT molecular complexity index is 724. The molecule has 5 heteroatoms. The van der Waals surface area contributed by atoms with Crippen molar-refractivity contribution >= 4 is 0 Å². The third-order valence-electron chi connectivity index (χ3n) is 3.31. The number of benzene rings is 2. The summed E-state index contributed by atoms with van der Waals surface area (Å²) >= 11 is 0. The molecule has 1 heterocycles. The van der Waals surface area contributed by atoms with E-state index in [4.69, 9.17) is 19.5 Å². The third-order valence-corrected chi connectivity index (χ3v) is 3.31. The highest BCUT2D eigenvalue weighted by Gasteiger charge is 2.29. The lowest BCUT2D eigenvalue weighted by Gasteiger charge is -2.14. The predicted octanol–water partition coefficient (Wildman–Crippen LogP) is 3.22. The van der Waals surface area contributed by atoms with E-state index in [0.717, 1.165) is 5.56 Å². The summed E-state index contributed by atoms with van der Waals surface area (Å²) < 4.78 is 30.2. The number of nitrogens with zero attached hydrogens (tertiary/aromatic N) is 1. The topological polar surface area (TPSA) is 51.5 Å². The zero-order chi connectivity index (χ0) is 14.8. The first-order valence-electron chi connectivity index (χ1n) is 6.39. The Labute approximate surface area is 121 Å². The number of fused-ring (bicyclic) bond motifs is 1. The molecule has 1 aliphatic rings. The van der Waals surface area contributed by atoms with Gasteiger partial charge in [-0.1, -0.05) is 18.2 Å². The number of hydrogen-bond donors (Lipinski definition) is 0. The van der Waals surface area contributed by atoms with Crippen molar-refractivity contribution in [2.24, 2.45) is 0 Å². The van der Waals surface area contributed by atoms with E-state index < -0.39 is 11.9 Å². The first-order chi connectivity index (χ1) is 10.2. The second-order valence-corrected chi connectivity index (χ2v) is 4.52. The Morgan fingerprint density at radius 3 is 2.76 bits per heavy atom. The molecule has 2 aromatic carbocycles. The first-order valence-corrected chi connectivity index (χ1v) is 6.39. The van der Waals surface area contributed by atoms with Crippen LogP contribution in [0.3, 0.4) is 0 Å². The predicted molar refractivity (Wildman–Crippen MR) is 73.0 cm³/mol. The summed E-state index contributed by atoms with van der Waals surface area (Å²) in [4.78, 5) is 0. The minimum absolute atomic E-state index is 0.103. The molecule has 1 unspecified atom stereocenters. The van der Waals surface area contributed by atoms with Gasteiger partial charge in [0, 0.05) is 5.56 Å². The van der Waals surface area contributed by atoms with Crippen LogP contribution in [0.15, 0.2) is 36.4 Å². The van der Waals surface area contributed by atoms with Gasteiger partial charge in [-0.15, -0.1) is 0 Å². The van der Waals surface area contributed by atoms with Crippen molar-refractivity contribution in [1.29, 1.82) is 5.26 Å². The average molecular weight is 285 g/mol. The SMILES string of the molecule is COc1cccc2c1OCC2Oc1cccc(F)c1C#N. The molecular weight excluding hydrogens is 273 g/mol. The van der Waals surface area contributed by atoms with E-state index in [2.05, 4.69) is 0 Å². The molecule has 0 saturated carbocycles. The lowest BCUT2D eigenvalue weighted by Crippen LogP contribution is -2.10. The Morgan fingerprint density at radius 2 is 2.00 bits per heavy atom. The van der Waals surface area contributed by atoms with E-state index in [1.807, 2.05) is 18.2 Å². The molecule has 0 radical (unpaired) electrons. The Hall–Kier alpha value is -2.74. The highest BCUT2D eigenvalue weighted by Crippen LogP contribution is 2.42. The number of methoxy groups -OCH3 is 1. The van der Waals surface area contributed by atoms with Gasteiger partial charge in [0.15, 0.2) is 17.6 Å². The molecule has 1 aliphatic heterocycles. The molecular formula is C16H12FNO3. The number of nitriles is 1. The molecule has 0 N–H and O–H groups in total. The van der Waals surface area contributed by atoms with Crippen molar-refractivity contribution in [3.05, 3.63) is 53.3 Å². The highest BCUT2D eigenvalue weighted by atomic mass is 19.1. The van der Waals surface area contributed by atoms with Gasteiger partial charge in [0.2, 0.25) is 0 Å². The lowest BCUT2D eigenvalue weighted by atomic mass is 10.1. The van der Waals surface area contributed by atoms with Crippen molar-refractivity contribution in [3.8, 4) is 23.3 Å². The van der Waals surface area contributed by atoms with Crippen LogP contribution in [-0.2, 0) is 0 Å². The van der Waals surface area contributed by atoms with Crippen LogP contribution in [0.4, 0.5) is 4.39 Å². The fourth-order valence-corrected chi connectivity index (χ4v) is 2.31. The van der Waals surface area contributed by atoms with E-state index in [0.29, 0.717) is 11.5 Å². The van der Waals surface area contributed by atoms with E-state index in [1.54, 1.807) is 19.2 Å². The number of ether oxygens (including phenoxy) is 3. The van der Waals surface area contributed by atoms with Crippen LogP contribution in [0.1, 0.15) is 17.2 Å². The number of halogens is 1. The standard InChI is InChI=1S/C16H12FNO3/c1-19-14-7-2-4-10-15(9-20-16(10)14)21-13-6-3-5-12(17)11(13)8-18/h2-7,15H,9H2,1H3. The zero-order valence-corrected chi connectivity index (χ0v) is 11.3. The van der Waals surface area contributed by atoms with Gasteiger partial charge in [0.05, 0.1) is 7.11 Å². The van der Waals surface area contributed by atoms with Crippen molar-refractivity contribution in [3.63, 3.8) is 0 Å². The van der Waals surface area contributed by atoms with Crippen molar-refractivity contribution in [2.45, 2.75) is 6.10 Å². The largest absolute Gasteiger partial charge is 0.493 e. The maximum absolute atomic E-state index is 13.6. The first kappa shape index (κ1) is 13.3. The van der Waals surface area contributed by atoms with Crippen LogP contribution in [0.2, 0.25) is 0 Å². The molecule has 0 aromatic heterocycles. The lowest BCUT2D eigenvalue weighted by molar-refractivity contribution is 0.161. The molecule has 21 heavy (non-hydrogen) atoms. The van der Waals surface area contributed by atoms with Crippen molar-refractivity contribution < 1.29 is 18.6 Å². The summed E-state index contributed by atoms with van der Waals surface area (Å²) in [7, 11) is 1.56. The Morgan fingerprint density at radius 1 is 1.24 bits per heavy atom. The molecule has 0 spiro atoms. The van der Waals surface area contributed by atoms with E-state index in [9.17, 15) is 4.39 Å². The minimum Gasteiger partial charge on any atom is -0.493 e. The van der Waals surface area contributed by atoms with Gasteiger partial charge in [-0.25, -0.2) is 4.39 Å². The third kappa shape index (κ3) is 2.25. The van der Waals surface area contributed by atoms with Crippen LogP contribution in [0, 0.1) is 17.1 Å². The maximum Gasteiger partial charge on any atom is 0.168 e. The van der Waals surface area contributed by atoms with Gasteiger partial charge < -0.3 is 14.2 Å². The minimum atomic E-state index is -0.597. The molecule has 0 bridgehead atoms. The molecule has 0 aliphatic carbocycles. The molecule has 2 aromatic rings. The summed E-state index contributed by atoms with van der Waals surface area (Å²) in [5.41, 5.74) is 0.719. The Kier molecular flexibility index (Phi) is 3.36. The second kappa shape index (κ2) is 5.33.